The predicted molar refractivity (Wildman–Crippen MR) is 117 cm³/mol. The van der Waals surface area contributed by atoms with Crippen molar-refractivity contribution in [3.05, 3.63) is 35.7 Å². The average molecular weight is 416 g/mol. The van der Waals surface area contributed by atoms with E-state index in [4.69, 9.17) is 0 Å². The van der Waals surface area contributed by atoms with Crippen molar-refractivity contribution < 1.29 is 5.11 Å². The summed E-state index contributed by atoms with van der Waals surface area (Å²) in [7, 11) is 2.12. The number of benzene rings is 1. The number of phenolic OH excluding ortho intramolecular Hbond substituents is 1. The number of aromatic hydroxyl groups is 1. The second kappa shape index (κ2) is 9.96. The van der Waals surface area contributed by atoms with E-state index in [1.54, 1.807) is 6.07 Å². The van der Waals surface area contributed by atoms with Gasteiger partial charge in [-0.1, -0.05) is 36.4 Å². The van der Waals surface area contributed by atoms with Gasteiger partial charge in [0.15, 0.2) is 5.16 Å². The van der Waals surface area contributed by atoms with Crippen molar-refractivity contribution >= 4 is 11.8 Å². The third-order valence-electron chi connectivity index (χ3n) is 6.29. The van der Waals surface area contributed by atoms with Crippen LogP contribution in [0.15, 0.2) is 29.4 Å². The topological polar surface area (TPSA) is 57.4 Å². The van der Waals surface area contributed by atoms with Crippen molar-refractivity contribution in [1.29, 1.82) is 0 Å². The summed E-state index contributed by atoms with van der Waals surface area (Å²) in [5.74, 6) is 3.09. The molecular weight excluding hydrogens is 382 g/mol. The van der Waals surface area contributed by atoms with Gasteiger partial charge in [-0.05, 0) is 57.9 Å². The molecule has 0 unspecified atom stereocenters. The molecule has 2 aromatic rings. The van der Waals surface area contributed by atoms with Gasteiger partial charge < -0.3 is 14.6 Å². The molecule has 0 radical (unpaired) electrons. The lowest BCUT2D eigenvalue weighted by Crippen LogP contribution is -2.33. The molecule has 29 heavy (non-hydrogen) atoms. The van der Waals surface area contributed by atoms with E-state index in [9.17, 15) is 5.11 Å². The van der Waals surface area contributed by atoms with Gasteiger partial charge >= 0.3 is 0 Å². The monoisotopic (exact) mass is 415 g/mol. The van der Waals surface area contributed by atoms with Gasteiger partial charge in [-0.2, -0.15) is 0 Å². The van der Waals surface area contributed by atoms with Crippen LogP contribution >= 0.6 is 11.8 Å². The van der Waals surface area contributed by atoms with Crippen LogP contribution in [0.25, 0.3) is 0 Å². The fourth-order valence-corrected chi connectivity index (χ4v) is 5.41. The van der Waals surface area contributed by atoms with Gasteiger partial charge in [0.1, 0.15) is 11.6 Å². The van der Waals surface area contributed by atoms with E-state index in [1.165, 1.54) is 32.4 Å². The fraction of sp³-hybridized carbons (Fsp3) is 0.636. The quantitative estimate of drug-likeness (QED) is 0.699. The summed E-state index contributed by atoms with van der Waals surface area (Å²) in [6.45, 7) is 6.54. The van der Waals surface area contributed by atoms with Crippen molar-refractivity contribution in [3.8, 4) is 5.75 Å². The van der Waals surface area contributed by atoms with Crippen LogP contribution in [0.1, 0.15) is 49.4 Å². The van der Waals surface area contributed by atoms with Gasteiger partial charge in [-0.3, -0.25) is 4.90 Å². The third-order valence-corrected chi connectivity index (χ3v) is 7.29. The predicted octanol–water partition coefficient (Wildman–Crippen LogP) is 3.48. The Hall–Kier alpha value is -1.57. The Labute approximate surface area is 178 Å². The van der Waals surface area contributed by atoms with E-state index in [-0.39, 0.29) is 0 Å². The molecule has 0 amide bonds. The summed E-state index contributed by atoms with van der Waals surface area (Å²) in [6, 6.07) is 7.65. The van der Waals surface area contributed by atoms with E-state index < -0.39 is 0 Å². The summed E-state index contributed by atoms with van der Waals surface area (Å²) in [5, 5.41) is 20.1. The van der Waals surface area contributed by atoms with E-state index in [1.807, 2.05) is 30.0 Å². The Morgan fingerprint density at radius 1 is 1.00 bits per heavy atom. The zero-order chi connectivity index (χ0) is 20.1. The molecule has 6 nitrogen and oxygen atoms in total. The van der Waals surface area contributed by atoms with Crippen LogP contribution in [-0.4, -0.2) is 68.1 Å². The molecule has 3 heterocycles. The summed E-state index contributed by atoms with van der Waals surface area (Å²) in [6.07, 6.45) is 6.28. The lowest BCUT2D eigenvalue weighted by Gasteiger charge is -2.31. The van der Waals surface area contributed by atoms with Crippen molar-refractivity contribution in [2.45, 2.75) is 49.7 Å². The van der Waals surface area contributed by atoms with Gasteiger partial charge in [0.2, 0.25) is 0 Å². The summed E-state index contributed by atoms with van der Waals surface area (Å²) >= 11 is 1.84. The maximum Gasteiger partial charge on any atom is 0.191 e. The molecule has 0 spiro atoms. The maximum absolute atomic E-state index is 10.0. The first kappa shape index (κ1) is 20.7. The number of nitrogens with zero attached hydrogens (tertiary/aromatic N) is 5. The second-order valence-corrected chi connectivity index (χ2v) is 9.39. The van der Waals surface area contributed by atoms with Gasteiger partial charge in [0.05, 0.1) is 0 Å². The highest BCUT2D eigenvalue weighted by atomic mass is 32.2. The summed E-state index contributed by atoms with van der Waals surface area (Å²) in [4.78, 5) is 5.00. The Balaban J connectivity index is 1.26. The highest BCUT2D eigenvalue weighted by molar-refractivity contribution is 7.99. The van der Waals surface area contributed by atoms with Gasteiger partial charge in [0, 0.05) is 37.4 Å². The fourth-order valence-electron chi connectivity index (χ4n) is 4.49. The normalized spacial score (nSPS) is 19.6. The van der Waals surface area contributed by atoms with Crippen LogP contribution in [0.2, 0.25) is 0 Å². The standard InChI is InChI=1S/C22H33N5OS/c1-25-21(23-24-22(25)29-16-15-26-11-5-2-6-12-26)18-9-13-27(14-10-18)17-19-7-3-4-8-20(19)28/h3-4,7-8,18,28H,2,5-6,9-17H2,1H3. The van der Waals surface area contributed by atoms with Gasteiger partial charge in [0.25, 0.3) is 0 Å². The molecule has 2 fully saturated rings. The minimum atomic E-state index is 0.397. The molecule has 2 aliphatic heterocycles. The van der Waals surface area contributed by atoms with Crippen LogP contribution in [-0.2, 0) is 13.6 Å². The number of likely N-dealkylation sites (tertiary alicyclic amines) is 2. The van der Waals surface area contributed by atoms with Crippen LogP contribution in [0.5, 0.6) is 5.75 Å². The average Bonchev–Trinajstić information content (AvgIpc) is 3.12. The van der Waals surface area contributed by atoms with Crippen LogP contribution in [0.4, 0.5) is 0 Å². The van der Waals surface area contributed by atoms with E-state index >= 15 is 0 Å². The third kappa shape index (κ3) is 5.32. The first-order valence-corrected chi connectivity index (χ1v) is 11.9. The molecule has 0 atom stereocenters. The number of hydrogen-bond acceptors (Lipinski definition) is 6. The highest BCUT2D eigenvalue weighted by Crippen LogP contribution is 2.30. The number of phenols is 1. The van der Waals surface area contributed by atoms with Crippen molar-refractivity contribution in [2.75, 3.05) is 38.5 Å². The maximum atomic E-state index is 10.0. The molecule has 2 aliphatic rings. The molecule has 1 aromatic heterocycles. The number of aromatic nitrogens is 3. The lowest BCUT2D eigenvalue weighted by atomic mass is 9.95. The van der Waals surface area contributed by atoms with Gasteiger partial charge in [-0.25, -0.2) is 0 Å². The van der Waals surface area contributed by atoms with Crippen LogP contribution < -0.4 is 0 Å². The number of thioether (sulfide) groups is 1. The second-order valence-electron chi connectivity index (χ2n) is 8.33. The molecular formula is C22H33N5OS. The Bertz CT molecular complexity index is 781. The molecule has 0 saturated carbocycles. The Morgan fingerprint density at radius 2 is 1.76 bits per heavy atom. The van der Waals surface area contributed by atoms with E-state index in [2.05, 4.69) is 31.6 Å². The molecule has 4 rings (SSSR count). The molecule has 1 N–H and O–H groups in total. The van der Waals surface area contributed by atoms with Crippen molar-refractivity contribution in [3.63, 3.8) is 0 Å². The van der Waals surface area contributed by atoms with E-state index in [0.717, 1.165) is 61.3 Å². The Kier molecular flexibility index (Phi) is 7.11. The minimum absolute atomic E-state index is 0.397. The van der Waals surface area contributed by atoms with Crippen molar-refractivity contribution in [2.24, 2.45) is 7.05 Å². The minimum Gasteiger partial charge on any atom is -0.508 e. The smallest absolute Gasteiger partial charge is 0.191 e. The van der Waals surface area contributed by atoms with Crippen molar-refractivity contribution in [1.82, 2.24) is 24.6 Å². The number of piperidine rings is 2. The first-order valence-electron chi connectivity index (χ1n) is 10.9. The zero-order valence-electron chi connectivity index (χ0n) is 17.5. The molecule has 0 bridgehead atoms. The highest BCUT2D eigenvalue weighted by Gasteiger charge is 2.25. The Morgan fingerprint density at radius 3 is 2.52 bits per heavy atom. The first-order chi connectivity index (χ1) is 14.2. The largest absolute Gasteiger partial charge is 0.508 e. The zero-order valence-corrected chi connectivity index (χ0v) is 18.3. The number of hydrogen-bond donors (Lipinski definition) is 1. The molecule has 7 heteroatoms. The molecule has 1 aromatic carbocycles. The number of para-hydroxylation sites is 1. The molecule has 158 valence electrons. The van der Waals surface area contributed by atoms with E-state index in [0.29, 0.717) is 11.7 Å². The van der Waals surface area contributed by atoms with Crippen LogP contribution in [0.3, 0.4) is 0 Å². The summed E-state index contributed by atoms with van der Waals surface area (Å²) < 4.78 is 2.21. The van der Waals surface area contributed by atoms with Crippen LogP contribution in [0, 0.1) is 0 Å². The SMILES string of the molecule is Cn1c(SCCN2CCCCC2)nnc1C1CCN(Cc2ccccc2O)CC1. The van der Waals surface area contributed by atoms with Gasteiger partial charge in [-0.15, -0.1) is 10.2 Å². The molecule has 2 saturated heterocycles. The molecule has 0 aliphatic carbocycles. The summed E-state index contributed by atoms with van der Waals surface area (Å²) in [5.41, 5.74) is 1.01. The number of rotatable bonds is 7. The lowest BCUT2D eigenvalue weighted by molar-refractivity contribution is 0.198.